The molecule has 0 radical (unpaired) electrons. The lowest BCUT2D eigenvalue weighted by Crippen LogP contribution is -2.41. The van der Waals surface area contributed by atoms with E-state index in [1.165, 1.54) is 7.11 Å². The van der Waals surface area contributed by atoms with Crippen molar-refractivity contribution in [3.8, 4) is 28.7 Å². The fraction of sp³-hybridized carbons (Fsp3) is 0.385. The van der Waals surface area contributed by atoms with E-state index in [9.17, 15) is 15.3 Å². The summed E-state index contributed by atoms with van der Waals surface area (Å²) in [6.45, 7) is 7.91. The lowest BCUT2D eigenvalue weighted by atomic mass is 9.82. The minimum absolute atomic E-state index is 0.0412. The maximum Gasteiger partial charge on any atom is 0.168 e. The van der Waals surface area contributed by atoms with Crippen LogP contribution >= 0.6 is 0 Å². The average molecular weight is 439 g/mol. The summed E-state index contributed by atoms with van der Waals surface area (Å²) in [6, 6.07) is 4.82. The Kier molecular flexibility index (Phi) is 5.59. The van der Waals surface area contributed by atoms with Crippen molar-refractivity contribution < 1.29 is 29.5 Å². The highest BCUT2D eigenvalue weighted by molar-refractivity contribution is 5.64. The molecule has 6 nitrogen and oxygen atoms in total. The Labute approximate surface area is 188 Å². The molecule has 0 spiro atoms. The number of phenols is 2. The van der Waals surface area contributed by atoms with Gasteiger partial charge < -0.3 is 29.5 Å². The van der Waals surface area contributed by atoms with Gasteiger partial charge in [0.05, 0.1) is 12.7 Å². The van der Waals surface area contributed by atoms with Gasteiger partial charge in [-0.15, -0.1) is 0 Å². The Morgan fingerprint density at radius 1 is 1.06 bits per heavy atom. The van der Waals surface area contributed by atoms with E-state index in [4.69, 9.17) is 14.2 Å². The Balaban J connectivity index is 1.87. The molecule has 170 valence electrons. The standard InChI is InChI=1S/C26H30O6/c1-14(2)6-8-16-19(27)11-10-18-23(16)32-25-22-21(31-13-26(18,25)29)12-20(28)17(24(22)30-5)9-7-15(3)4/h6-7,10-12,25,27-29H,8-9,13H2,1-5H3/t25-,26+/m0/s1. The molecule has 3 N–H and O–H groups in total. The molecule has 2 heterocycles. The van der Waals surface area contributed by atoms with Crippen LogP contribution in [0.1, 0.15) is 56.1 Å². The summed E-state index contributed by atoms with van der Waals surface area (Å²) >= 11 is 0. The first-order chi connectivity index (χ1) is 15.2. The summed E-state index contributed by atoms with van der Waals surface area (Å²) in [5, 5.41) is 32.9. The predicted molar refractivity (Wildman–Crippen MR) is 122 cm³/mol. The summed E-state index contributed by atoms with van der Waals surface area (Å²) in [6.07, 6.45) is 4.15. The van der Waals surface area contributed by atoms with Crippen molar-refractivity contribution in [1.82, 2.24) is 0 Å². The molecule has 0 aliphatic carbocycles. The van der Waals surface area contributed by atoms with Crippen molar-refractivity contribution in [2.75, 3.05) is 13.7 Å². The topological polar surface area (TPSA) is 88.4 Å². The summed E-state index contributed by atoms with van der Waals surface area (Å²) in [5.41, 5.74) is 3.13. The van der Waals surface area contributed by atoms with E-state index in [1.54, 1.807) is 18.2 Å². The smallest absolute Gasteiger partial charge is 0.168 e. The van der Waals surface area contributed by atoms with Gasteiger partial charge in [-0.2, -0.15) is 0 Å². The maximum absolute atomic E-state index is 11.7. The number of hydrogen-bond acceptors (Lipinski definition) is 6. The summed E-state index contributed by atoms with van der Waals surface area (Å²) in [4.78, 5) is 0. The van der Waals surface area contributed by atoms with Crippen molar-refractivity contribution in [2.45, 2.75) is 52.2 Å². The number of fused-ring (bicyclic) bond motifs is 5. The fourth-order valence-electron chi connectivity index (χ4n) is 4.38. The Bertz CT molecular complexity index is 1120. The van der Waals surface area contributed by atoms with Crippen LogP contribution in [-0.2, 0) is 18.4 Å². The van der Waals surface area contributed by atoms with E-state index < -0.39 is 11.7 Å². The van der Waals surface area contributed by atoms with Crippen molar-refractivity contribution in [2.24, 2.45) is 0 Å². The van der Waals surface area contributed by atoms with E-state index in [1.807, 2.05) is 39.8 Å². The zero-order valence-electron chi connectivity index (χ0n) is 19.2. The van der Waals surface area contributed by atoms with Crippen LogP contribution in [0.3, 0.4) is 0 Å². The Morgan fingerprint density at radius 2 is 1.72 bits per heavy atom. The van der Waals surface area contributed by atoms with E-state index in [0.717, 1.165) is 11.1 Å². The predicted octanol–water partition coefficient (Wildman–Crippen LogP) is 4.84. The Hall–Kier alpha value is -3.12. The quantitative estimate of drug-likeness (QED) is 0.579. The molecule has 2 aromatic carbocycles. The molecule has 2 atom stereocenters. The van der Waals surface area contributed by atoms with Gasteiger partial charge in [0.25, 0.3) is 0 Å². The van der Waals surface area contributed by atoms with Crippen molar-refractivity contribution in [1.29, 1.82) is 0 Å². The number of benzene rings is 2. The van der Waals surface area contributed by atoms with Crippen molar-refractivity contribution in [3.05, 3.63) is 63.8 Å². The molecule has 0 aromatic heterocycles. The summed E-state index contributed by atoms with van der Waals surface area (Å²) < 4.78 is 18.0. The highest BCUT2D eigenvalue weighted by Crippen LogP contribution is 2.59. The number of rotatable bonds is 5. The van der Waals surface area contributed by atoms with E-state index in [0.29, 0.717) is 52.3 Å². The molecular weight excluding hydrogens is 408 g/mol. The molecule has 6 heteroatoms. The normalized spacial score (nSPS) is 20.2. The van der Waals surface area contributed by atoms with Gasteiger partial charge in [-0.05, 0) is 52.7 Å². The molecule has 0 saturated carbocycles. The van der Waals surface area contributed by atoms with Gasteiger partial charge in [0.15, 0.2) is 11.7 Å². The van der Waals surface area contributed by atoms with Crippen LogP contribution in [0.15, 0.2) is 41.5 Å². The zero-order valence-corrected chi connectivity index (χ0v) is 19.2. The van der Waals surface area contributed by atoms with Gasteiger partial charge in [0.1, 0.15) is 35.4 Å². The van der Waals surface area contributed by atoms with Gasteiger partial charge in [0.2, 0.25) is 0 Å². The first-order valence-electron chi connectivity index (χ1n) is 10.7. The number of hydrogen-bond donors (Lipinski definition) is 3. The van der Waals surface area contributed by atoms with Crippen LogP contribution in [-0.4, -0.2) is 29.0 Å². The number of aliphatic hydroxyl groups is 1. The largest absolute Gasteiger partial charge is 0.508 e. The molecule has 0 fully saturated rings. The van der Waals surface area contributed by atoms with E-state index >= 15 is 0 Å². The van der Waals surface area contributed by atoms with Crippen molar-refractivity contribution >= 4 is 0 Å². The molecule has 4 rings (SSSR count). The lowest BCUT2D eigenvalue weighted by molar-refractivity contribution is -0.0873. The third-order valence-electron chi connectivity index (χ3n) is 6.08. The minimum Gasteiger partial charge on any atom is -0.508 e. The second-order valence-corrected chi connectivity index (χ2v) is 8.94. The van der Waals surface area contributed by atoms with Gasteiger partial charge in [-0.3, -0.25) is 0 Å². The zero-order chi connectivity index (χ0) is 23.2. The van der Waals surface area contributed by atoms with E-state index in [2.05, 4.69) is 0 Å². The molecule has 0 bridgehead atoms. The van der Waals surface area contributed by atoms with Gasteiger partial charge in [-0.1, -0.05) is 23.3 Å². The van der Waals surface area contributed by atoms with Crippen LogP contribution in [0.25, 0.3) is 0 Å². The maximum atomic E-state index is 11.7. The molecule has 0 unspecified atom stereocenters. The SMILES string of the molecule is COc1c(CC=C(C)C)c(O)cc2c1[C@@H]1Oc3c(ccc(O)c3CC=C(C)C)[C@]1(O)CO2. The molecule has 0 saturated heterocycles. The van der Waals surface area contributed by atoms with Crippen molar-refractivity contribution in [3.63, 3.8) is 0 Å². The summed E-state index contributed by atoms with van der Waals surface area (Å²) in [7, 11) is 1.53. The second-order valence-electron chi connectivity index (χ2n) is 8.94. The Morgan fingerprint density at radius 3 is 2.34 bits per heavy atom. The molecule has 32 heavy (non-hydrogen) atoms. The third-order valence-corrected chi connectivity index (χ3v) is 6.08. The monoisotopic (exact) mass is 438 g/mol. The van der Waals surface area contributed by atoms with Gasteiger partial charge >= 0.3 is 0 Å². The first kappa shape index (κ1) is 22.1. The highest BCUT2D eigenvalue weighted by atomic mass is 16.5. The van der Waals surface area contributed by atoms with Crippen LogP contribution in [0.4, 0.5) is 0 Å². The lowest BCUT2D eigenvalue weighted by Gasteiger charge is -2.36. The van der Waals surface area contributed by atoms with Gasteiger partial charge in [0, 0.05) is 22.8 Å². The molecule has 2 aromatic rings. The third kappa shape index (κ3) is 3.48. The van der Waals surface area contributed by atoms with Crippen LogP contribution < -0.4 is 14.2 Å². The molecule has 2 aliphatic heterocycles. The number of allylic oxidation sites excluding steroid dienone is 4. The van der Waals surface area contributed by atoms with Gasteiger partial charge in [-0.25, -0.2) is 0 Å². The average Bonchev–Trinajstić information content (AvgIpc) is 3.03. The molecular formula is C26H30O6. The van der Waals surface area contributed by atoms with Crippen LogP contribution in [0.2, 0.25) is 0 Å². The molecule has 2 aliphatic rings. The van der Waals surface area contributed by atoms with E-state index in [-0.39, 0.29) is 18.1 Å². The second kappa shape index (κ2) is 8.10. The highest BCUT2D eigenvalue weighted by Gasteiger charge is 2.55. The van der Waals surface area contributed by atoms with Crippen LogP contribution in [0, 0.1) is 0 Å². The fourth-order valence-corrected chi connectivity index (χ4v) is 4.38. The number of methoxy groups -OCH3 is 1. The molecule has 0 amide bonds. The number of phenolic OH excluding ortho intramolecular Hbond substituents is 2. The first-order valence-corrected chi connectivity index (χ1v) is 10.7. The minimum atomic E-state index is -1.45. The number of aromatic hydroxyl groups is 2. The summed E-state index contributed by atoms with van der Waals surface area (Å²) in [5.74, 6) is 1.50. The van der Waals surface area contributed by atoms with Crippen LogP contribution in [0.5, 0.6) is 28.7 Å². The number of ether oxygens (including phenoxy) is 3.